The number of ether oxygens (including phenoxy) is 1. The first-order chi connectivity index (χ1) is 9.39. The molecule has 20 heavy (non-hydrogen) atoms. The van der Waals surface area contributed by atoms with Crippen LogP contribution in [-0.4, -0.2) is 47.8 Å². The van der Waals surface area contributed by atoms with Gasteiger partial charge < -0.3 is 14.7 Å². The third-order valence-electron chi connectivity index (χ3n) is 3.30. The molecule has 2 rings (SSSR count). The fourth-order valence-corrected chi connectivity index (χ4v) is 2.12. The van der Waals surface area contributed by atoms with Gasteiger partial charge in [0.25, 0.3) is 5.91 Å². The minimum atomic E-state index is -2.47. The molecule has 1 unspecified atom stereocenters. The second-order valence-corrected chi connectivity index (χ2v) is 4.57. The molecule has 1 aliphatic heterocycles. The molecule has 1 amide bonds. The molecular formula is C13H13F2NO4. The van der Waals surface area contributed by atoms with E-state index in [0.717, 1.165) is 4.90 Å². The fourth-order valence-electron chi connectivity index (χ4n) is 2.12. The minimum absolute atomic E-state index is 0.0711. The van der Waals surface area contributed by atoms with Crippen molar-refractivity contribution in [2.75, 3.05) is 20.2 Å². The zero-order valence-electron chi connectivity index (χ0n) is 10.7. The van der Waals surface area contributed by atoms with Gasteiger partial charge in [-0.05, 0) is 12.1 Å². The molecule has 1 aliphatic rings. The summed E-state index contributed by atoms with van der Waals surface area (Å²) in [6.07, 6.45) is -0.306. The van der Waals surface area contributed by atoms with Crippen LogP contribution in [0.1, 0.15) is 16.8 Å². The number of hydrogen-bond donors (Lipinski definition) is 1. The maximum absolute atomic E-state index is 13.9. The van der Waals surface area contributed by atoms with Crippen molar-refractivity contribution < 1.29 is 28.2 Å². The highest BCUT2D eigenvalue weighted by atomic mass is 19.1. The molecule has 1 fully saturated rings. The molecule has 0 bridgehead atoms. The van der Waals surface area contributed by atoms with E-state index in [0.29, 0.717) is 0 Å². The summed E-state index contributed by atoms with van der Waals surface area (Å²) in [5.41, 5.74) is -2.73. The fraction of sp³-hybridized carbons (Fsp3) is 0.385. The summed E-state index contributed by atoms with van der Waals surface area (Å²) in [6, 6.07) is 4.04. The molecule has 7 heteroatoms. The zero-order valence-corrected chi connectivity index (χ0v) is 10.7. The van der Waals surface area contributed by atoms with E-state index in [1.165, 1.54) is 25.3 Å². The SMILES string of the molecule is COc1cccc(C(=O)N2CCC(F)(C(=O)O)C2)c1F. The quantitative estimate of drug-likeness (QED) is 0.913. The van der Waals surface area contributed by atoms with Crippen LogP contribution in [0.5, 0.6) is 5.75 Å². The second kappa shape index (κ2) is 5.07. The van der Waals surface area contributed by atoms with Gasteiger partial charge in [-0.3, -0.25) is 4.79 Å². The first-order valence-electron chi connectivity index (χ1n) is 5.93. The molecule has 5 nitrogen and oxygen atoms in total. The van der Waals surface area contributed by atoms with Gasteiger partial charge in [-0.25, -0.2) is 13.6 Å². The number of methoxy groups -OCH3 is 1. The predicted molar refractivity (Wildman–Crippen MR) is 64.9 cm³/mol. The lowest BCUT2D eigenvalue weighted by molar-refractivity contribution is -0.149. The molecule has 1 atom stereocenters. The Balaban J connectivity index is 2.24. The number of nitrogens with zero attached hydrogens (tertiary/aromatic N) is 1. The van der Waals surface area contributed by atoms with E-state index in [9.17, 15) is 18.4 Å². The Morgan fingerprint density at radius 2 is 2.15 bits per heavy atom. The van der Waals surface area contributed by atoms with Crippen molar-refractivity contribution in [3.8, 4) is 5.75 Å². The van der Waals surface area contributed by atoms with E-state index in [4.69, 9.17) is 9.84 Å². The van der Waals surface area contributed by atoms with Gasteiger partial charge in [-0.15, -0.1) is 0 Å². The summed E-state index contributed by atoms with van der Waals surface area (Å²) >= 11 is 0. The van der Waals surface area contributed by atoms with Gasteiger partial charge in [0.15, 0.2) is 11.6 Å². The van der Waals surface area contributed by atoms with E-state index >= 15 is 0 Å². The molecule has 0 spiro atoms. The number of carbonyl (C=O) groups is 2. The maximum Gasteiger partial charge on any atom is 0.343 e. The Kier molecular flexibility index (Phi) is 3.61. The lowest BCUT2D eigenvalue weighted by atomic mass is 10.1. The third-order valence-corrected chi connectivity index (χ3v) is 3.30. The minimum Gasteiger partial charge on any atom is -0.494 e. The van der Waals surface area contributed by atoms with Crippen molar-refractivity contribution in [1.82, 2.24) is 4.90 Å². The van der Waals surface area contributed by atoms with Crippen LogP contribution in [0.15, 0.2) is 18.2 Å². The summed E-state index contributed by atoms with van der Waals surface area (Å²) < 4.78 is 32.6. The first kappa shape index (κ1) is 14.2. The highest BCUT2D eigenvalue weighted by molar-refractivity contribution is 5.96. The number of hydrogen-bond acceptors (Lipinski definition) is 3. The normalized spacial score (nSPS) is 21.9. The standard InChI is InChI=1S/C13H13F2NO4/c1-20-9-4-2-3-8(10(9)14)11(17)16-6-5-13(15,7-16)12(18)19/h2-4H,5-7H2,1H3,(H,18,19). The number of rotatable bonds is 3. The van der Waals surface area contributed by atoms with Gasteiger partial charge in [0, 0.05) is 13.0 Å². The van der Waals surface area contributed by atoms with Gasteiger partial charge in [0.2, 0.25) is 5.67 Å². The van der Waals surface area contributed by atoms with Crippen LogP contribution in [0.4, 0.5) is 8.78 Å². The number of likely N-dealkylation sites (tertiary alicyclic amines) is 1. The molecule has 1 aromatic rings. The number of alkyl halides is 1. The Hall–Kier alpha value is -2.18. The van der Waals surface area contributed by atoms with Crippen molar-refractivity contribution in [1.29, 1.82) is 0 Å². The number of carboxylic acid groups (broad SMARTS) is 1. The number of aliphatic carboxylic acids is 1. The molecule has 108 valence electrons. The summed E-state index contributed by atoms with van der Waals surface area (Å²) in [4.78, 5) is 23.9. The van der Waals surface area contributed by atoms with Crippen molar-refractivity contribution in [3.63, 3.8) is 0 Å². The van der Waals surface area contributed by atoms with Crippen LogP contribution in [-0.2, 0) is 4.79 Å². The van der Waals surface area contributed by atoms with Gasteiger partial charge in [-0.2, -0.15) is 0 Å². The molecule has 1 heterocycles. The average Bonchev–Trinajstić information content (AvgIpc) is 2.82. The lowest BCUT2D eigenvalue weighted by Crippen LogP contribution is -2.39. The molecule has 0 aromatic heterocycles. The van der Waals surface area contributed by atoms with Crippen LogP contribution < -0.4 is 4.74 Å². The first-order valence-corrected chi connectivity index (χ1v) is 5.93. The van der Waals surface area contributed by atoms with Gasteiger partial charge in [0.05, 0.1) is 19.2 Å². The van der Waals surface area contributed by atoms with Gasteiger partial charge in [-0.1, -0.05) is 6.07 Å². The van der Waals surface area contributed by atoms with Crippen LogP contribution in [0.25, 0.3) is 0 Å². The van der Waals surface area contributed by atoms with Crippen LogP contribution in [0, 0.1) is 5.82 Å². The lowest BCUT2D eigenvalue weighted by Gasteiger charge is -2.18. The average molecular weight is 285 g/mol. The molecule has 0 radical (unpaired) electrons. The highest BCUT2D eigenvalue weighted by Crippen LogP contribution is 2.28. The van der Waals surface area contributed by atoms with Crippen molar-refractivity contribution in [2.24, 2.45) is 0 Å². The van der Waals surface area contributed by atoms with E-state index < -0.39 is 29.9 Å². The molecule has 0 aliphatic carbocycles. The van der Waals surface area contributed by atoms with Crippen molar-refractivity contribution >= 4 is 11.9 Å². The molecule has 1 N–H and O–H groups in total. The predicted octanol–water partition coefficient (Wildman–Crippen LogP) is 1.47. The summed E-state index contributed by atoms with van der Waals surface area (Å²) in [5, 5.41) is 8.77. The van der Waals surface area contributed by atoms with Crippen LogP contribution in [0.3, 0.4) is 0 Å². The van der Waals surface area contributed by atoms with Crippen molar-refractivity contribution in [3.05, 3.63) is 29.6 Å². The Morgan fingerprint density at radius 3 is 2.70 bits per heavy atom. The van der Waals surface area contributed by atoms with E-state index in [1.54, 1.807) is 0 Å². The smallest absolute Gasteiger partial charge is 0.343 e. The maximum atomic E-state index is 13.9. The van der Waals surface area contributed by atoms with Gasteiger partial charge >= 0.3 is 5.97 Å². The summed E-state index contributed by atoms with van der Waals surface area (Å²) in [7, 11) is 1.26. The molecular weight excluding hydrogens is 272 g/mol. The summed E-state index contributed by atoms with van der Waals surface area (Å²) in [5.74, 6) is -3.30. The number of amides is 1. The monoisotopic (exact) mass is 285 g/mol. The second-order valence-electron chi connectivity index (χ2n) is 4.57. The topological polar surface area (TPSA) is 66.8 Å². The van der Waals surface area contributed by atoms with E-state index in [1.807, 2.05) is 0 Å². The van der Waals surface area contributed by atoms with Crippen LogP contribution in [0.2, 0.25) is 0 Å². The van der Waals surface area contributed by atoms with E-state index in [-0.39, 0.29) is 24.3 Å². The number of carboxylic acids is 1. The van der Waals surface area contributed by atoms with Crippen LogP contribution >= 0.6 is 0 Å². The number of carbonyl (C=O) groups excluding carboxylic acids is 1. The molecule has 0 saturated carbocycles. The van der Waals surface area contributed by atoms with Gasteiger partial charge in [0.1, 0.15) is 0 Å². The molecule has 1 aromatic carbocycles. The Morgan fingerprint density at radius 1 is 1.45 bits per heavy atom. The Labute approximate surface area is 113 Å². The molecule has 1 saturated heterocycles. The van der Waals surface area contributed by atoms with Crippen molar-refractivity contribution in [2.45, 2.75) is 12.1 Å². The third kappa shape index (κ3) is 2.31. The highest BCUT2D eigenvalue weighted by Gasteiger charge is 2.47. The number of halogens is 2. The Bertz CT molecular complexity index is 563. The largest absolute Gasteiger partial charge is 0.494 e. The summed E-state index contributed by atoms with van der Waals surface area (Å²) in [6.45, 7) is -0.657. The van der Waals surface area contributed by atoms with E-state index in [2.05, 4.69) is 0 Å². The zero-order chi connectivity index (χ0) is 14.9. The number of benzene rings is 1.